The van der Waals surface area contributed by atoms with Crippen LogP contribution in [0.1, 0.15) is 86.6 Å². The normalized spacial score (nSPS) is 10.9. The molecule has 0 saturated heterocycles. The summed E-state index contributed by atoms with van der Waals surface area (Å²) in [4.78, 5) is 14.7. The van der Waals surface area contributed by atoms with Gasteiger partial charge in [-0.15, -0.1) is 0 Å². The minimum atomic E-state index is -0.809. The van der Waals surface area contributed by atoms with Gasteiger partial charge >= 0.3 is 5.97 Å². The molecular weight excluding hydrogens is 250 g/mol. The van der Waals surface area contributed by atoms with Gasteiger partial charge in [-0.05, 0) is 49.7 Å². The summed E-state index contributed by atoms with van der Waals surface area (Å²) in [5.74, 6) is -0.809. The van der Waals surface area contributed by atoms with E-state index in [-0.39, 0.29) is 0 Å². The molecule has 1 aromatic heterocycles. The molecule has 0 spiro atoms. The number of carboxylic acids is 1. The average Bonchev–Trinajstić information content (AvgIpc) is 2.78. The lowest BCUT2D eigenvalue weighted by Crippen LogP contribution is -2.02. The third-order valence-electron chi connectivity index (χ3n) is 3.86. The minimum absolute atomic E-state index is 0.440. The van der Waals surface area contributed by atoms with Crippen molar-refractivity contribution in [2.75, 3.05) is 0 Å². The van der Waals surface area contributed by atoms with Crippen molar-refractivity contribution in [2.24, 2.45) is 0 Å². The van der Waals surface area contributed by atoms with Gasteiger partial charge in [-0.25, -0.2) is 4.79 Å². The van der Waals surface area contributed by atoms with Crippen LogP contribution in [0.2, 0.25) is 0 Å². The maximum absolute atomic E-state index is 11.5. The molecule has 1 heterocycles. The molecule has 0 aromatic carbocycles. The number of hydrogen-bond donors (Lipinski definition) is 2. The number of carbonyl (C=O) groups is 1. The summed E-state index contributed by atoms with van der Waals surface area (Å²) in [7, 11) is 0. The van der Waals surface area contributed by atoms with Crippen LogP contribution in [0.25, 0.3) is 0 Å². The first-order chi connectivity index (χ1) is 9.65. The highest BCUT2D eigenvalue weighted by Gasteiger charge is 2.20. The van der Waals surface area contributed by atoms with E-state index < -0.39 is 5.97 Å². The van der Waals surface area contributed by atoms with Crippen molar-refractivity contribution in [1.82, 2.24) is 4.98 Å². The second kappa shape index (κ2) is 8.83. The number of aromatic nitrogens is 1. The monoisotopic (exact) mass is 279 g/mol. The van der Waals surface area contributed by atoms with E-state index in [9.17, 15) is 9.90 Å². The van der Waals surface area contributed by atoms with E-state index in [0.717, 1.165) is 63.4 Å². The van der Waals surface area contributed by atoms with Crippen LogP contribution in [0.4, 0.5) is 0 Å². The van der Waals surface area contributed by atoms with Crippen molar-refractivity contribution < 1.29 is 9.90 Å². The molecule has 1 aromatic rings. The number of H-pyrrole nitrogens is 1. The highest BCUT2D eigenvalue weighted by molar-refractivity contribution is 5.88. The molecule has 0 atom stereocenters. The SMILES string of the molecule is CCCCc1[nH]c(C(=O)O)c(CCCC)c1CCCC. The van der Waals surface area contributed by atoms with Crippen LogP contribution in [0.5, 0.6) is 0 Å². The predicted molar refractivity (Wildman–Crippen MR) is 83.6 cm³/mol. The molecule has 0 amide bonds. The molecule has 2 N–H and O–H groups in total. The molecule has 20 heavy (non-hydrogen) atoms. The first-order valence-electron chi connectivity index (χ1n) is 8.11. The Balaban J connectivity index is 3.10. The second-order valence-electron chi connectivity index (χ2n) is 5.55. The van der Waals surface area contributed by atoms with Gasteiger partial charge in [0.05, 0.1) is 0 Å². The molecule has 0 fully saturated rings. The van der Waals surface area contributed by atoms with E-state index in [2.05, 4.69) is 25.8 Å². The van der Waals surface area contributed by atoms with Gasteiger partial charge in [0.2, 0.25) is 0 Å². The molecule has 3 heteroatoms. The number of rotatable bonds is 10. The summed E-state index contributed by atoms with van der Waals surface area (Å²) in [5, 5.41) is 9.42. The van der Waals surface area contributed by atoms with Crippen LogP contribution in [0, 0.1) is 0 Å². The Bertz CT molecular complexity index is 421. The summed E-state index contributed by atoms with van der Waals surface area (Å²) in [5.41, 5.74) is 3.98. The van der Waals surface area contributed by atoms with Crippen molar-refractivity contribution >= 4 is 5.97 Å². The Morgan fingerprint density at radius 3 is 1.90 bits per heavy atom. The van der Waals surface area contributed by atoms with E-state index in [1.807, 2.05) is 0 Å². The van der Waals surface area contributed by atoms with Crippen LogP contribution in [0.3, 0.4) is 0 Å². The van der Waals surface area contributed by atoms with Gasteiger partial charge in [-0.1, -0.05) is 40.0 Å². The number of carboxylic acid groups (broad SMARTS) is 1. The minimum Gasteiger partial charge on any atom is -0.477 e. The zero-order valence-corrected chi connectivity index (χ0v) is 13.2. The highest BCUT2D eigenvalue weighted by atomic mass is 16.4. The third kappa shape index (κ3) is 4.39. The van der Waals surface area contributed by atoms with E-state index in [1.165, 1.54) is 11.3 Å². The Hall–Kier alpha value is -1.25. The van der Waals surface area contributed by atoms with Crippen LogP contribution < -0.4 is 0 Å². The number of hydrogen-bond acceptors (Lipinski definition) is 1. The molecule has 0 aliphatic rings. The first kappa shape index (κ1) is 16.8. The maximum Gasteiger partial charge on any atom is 0.352 e. The van der Waals surface area contributed by atoms with Gasteiger partial charge < -0.3 is 10.1 Å². The van der Waals surface area contributed by atoms with Gasteiger partial charge in [0, 0.05) is 5.69 Å². The molecule has 1 rings (SSSR count). The lowest BCUT2D eigenvalue weighted by atomic mass is 9.96. The fourth-order valence-electron chi connectivity index (χ4n) is 2.67. The number of nitrogens with one attached hydrogen (secondary N) is 1. The smallest absolute Gasteiger partial charge is 0.352 e. The Morgan fingerprint density at radius 2 is 1.40 bits per heavy atom. The molecule has 0 aliphatic heterocycles. The van der Waals surface area contributed by atoms with Crippen LogP contribution >= 0.6 is 0 Å². The number of aromatic carboxylic acids is 1. The Kier molecular flexibility index (Phi) is 7.42. The van der Waals surface area contributed by atoms with Crippen LogP contribution in [0.15, 0.2) is 0 Å². The van der Waals surface area contributed by atoms with Gasteiger partial charge in [0.25, 0.3) is 0 Å². The summed E-state index contributed by atoms with van der Waals surface area (Å²) < 4.78 is 0. The van der Waals surface area contributed by atoms with Gasteiger partial charge in [0.15, 0.2) is 0 Å². The lowest BCUT2D eigenvalue weighted by molar-refractivity contribution is 0.0689. The fourth-order valence-corrected chi connectivity index (χ4v) is 2.67. The Labute approximate surface area is 122 Å². The highest BCUT2D eigenvalue weighted by Crippen LogP contribution is 2.25. The molecule has 0 unspecified atom stereocenters. The van der Waals surface area contributed by atoms with E-state index in [1.54, 1.807) is 0 Å². The average molecular weight is 279 g/mol. The number of unbranched alkanes of at least 4 members (excludes halogenated alkanes) is 3. The van der Waals surface area contributed by atoms with Gasteiger partial charge in [-0.2, -0.15) is 0 Å². The quantitative estimate of drug-likeness (QED) is 0.650. The number of aromatic amines is 1. The molecule has 0 aliphatic carbocycles. The molecule has 0 radical (unpaired) electrons. The van der Waals surface area contributed by atoms with Crippen LogP contribution in [-0.2, 0) is 19.3 Å². The summed E-state index contributed by atoms with van der Waals surface area (Å²) in [6.07, 6.45) is 9.57. The molecule has 114 valence electrons. The van der Waals surface area contributed by atoms with E-state index in [4.69, 9.17) is 0 Å². The first-order valence-corrected chi connectivity index (χ1v) is 8.11. The van der Waals surface area contributed by atoms with Gasteiger partial charge in [-0.3, -0.25) is 0 Å². The molecule has 0 bridgehead atoms. The summed E-state index contributed by atoms with van der Waals surface area (Å²) in [6, 6.07) is 0. The third-order valence-corrected chi connectivity index (χ3v) is 3.86. The van der Waals surface area contributed by atoms with Crippen molar-refractivity contribution in [3.05, 3.63) is 22.5 Å². The largest absolute Gasteiger partial charge is 0.477 e. The van der Waals surface area contributed by atoms with E-state index >= 15 is 0 Å². The maximum atomic E-state index is 11.5. The molecular formula is C17H29NO2. The van der Waals surface area contributed by atoms with Crippen LogP contribution in [-0.4, -0.2) is 16.1 Å². The molecule has 3 nitrogen and oxygen atoms in total. The van der Waals surface area contributed by atoms with Gasteiger partial charge in [0.1, 0.15) is 5.69 Å². The summed E-state index contributed by atoms with van der Waals surface area (Å²) in [6.45, 7) is 6.50. The Morgan fingerprint density at radius 1 is 0.900 bits per heavy atom. The molecule has 0 saturated carbocycles. The predicted octanol–water partition coefficient (Wildman–Crippen LogP) is 4.74. The summed E-state index contributed by atoms with van der Waals surface area (Å²) >= 11 is 0. The van der Waals surface area contributed by atoms with E-state index in [0.29, 0.717) is 5.69 Å². The standard InChI is InChI=1S/C17H29NO2/c1-4-7-10-13-14(11-8-5-2)16(17(19)20)18-15(13)12-9-6-3/h18H,4-12H2,1-3H3,(H,19,20). The zero-order valence-electron chi connectivity index (χ0n) is 13.2. The van der Waals surface area contributed by atoms with Crippen molar-refractivity contribution in [3.63, 3.8) is 0 Å². The fraction of sp³-hybridized carbons (Fsp3) is 0.706. The topological polar surface area (TPSA) is 53.1 Å². The second-order valence-corrected chi connectivity index (χ2v) is 5.55. The van der Waals surface area contributed by atoms with Crippen molar-refractivity contribution in [2.45, 2.75) is 78.6 Å². The zero-order chi connectivity index (χ0) is 15.0. The number of aryl methyl sites for hydroxylation is 1. The van der Waals surface area contributed by atoms with Crippen molar-refractivity contribution in [1.29, 1.82) is 0 Å². The van der Waals surface area contributed by atoms with Crippen molar-refractivity contribution in [3.8, 4) is 0 Å². The lowest BCUT2D eigenvalue weighted by Gasteiger charge is -2.07.